The number of hydrogen-bond donors (Lipinski definition) is 2. The summed E-state index contributed by atoms with van der Waals surface area (Å²) in [6.07, 6.45) is 1.03. The second-order valence-electron chi connectivity index (χ2n) is 5.25. The fraction of sp³-hybridized carbons (Fsp3) is 0.714. The molecule has 0 aromatic carbocycles. The lowest BCUT2D eigenvalue weighted by Crippen LogP contribution is -2.28. The molecule has 0 unspecified atom stereocenters. The van der Waals surface area contributed by atoms with Gasteiger partial charge in [0.2, 0.25) is 10.0 Å². The van der Waals surface area contributed by atoms with Crippen molar-refractivity contribution in [2.24, 2.45) is 5.92 Å². The zero-order valence-corrected chi connectivity index (χ0v) is 14.6. The SMILES string of the molecule is CCCNCc1sccc1S(=O)(=O)NCCOCC(C)C. The van der Waals surface area contributed by atoms with Crippen LogP contribution in [0.5, 0.6) is 0 Å². The van der Waals surface area contributed by atoms with Gasteiger partial charge >= 0.3 is 0 Å². The number of rotatable bonds is 11. The van der Waals surface area contributed by atoms with Gasteiger partial charge in [-0.3, -0.25) is 0 Å². The number of sulfonamides is 1. The molecule has 0 bridgehead atoms. The molecule has 122 valence electrons. The molecular formula is C14H26N2O3S2. The summed E-state index contributed by atoms with van der Waals surface area (Å²) < 4.78 is 32.5. The second kappa shape index (κ2) is 9.53. The molecule has 7 heteroatoms. The molecule has 2 N–H and O–H groups in total. The van der Waals surface area contributed by atoms with Gasteiger partial charge in [-0.2, -0.15) is 0 Å². The highest BCUT2D eigenvalue weighted by atomic mass is 32.2. The topological polar surface area (TPSA) is 67.4 Å². The van der Waals surface area contributed by atoms with Crippen LogP contribution in [-0.2, 0) is 21.3 Å². The van der Waals surface area contributed by atoms with E-state index in [9.17, 15) is 8.42 Å². The molecule has 0 aliphatic carbocycles. The predicted molar refractivity (Wildman–Crippen MR) is 87.2 cm³/mol. The van der Waals surface area contributed by atoms with Gasteiger partial charge in [-0.25, -0.2) is 13.1 Å². The highest BCUT2D eigenvalue weighted by molar-refractivity contribution is 7.89. The van der Waals surface area contributed by atoms with Crippen molar-refractivity contribution in [3.63, 3.8) is 0 Å². The van der Waals surface area contributed by atoms with Gasteiger partial charge in [-0.05, 0) is 30.3 Å². The Morgan fingerprint density at radius 1 is 1.33 bits per heavy atom. The Balaban J connectivity index is 2.48. The fourth-order valence-corrected chi connectivity index (χ4v) is 4.15. The van der Waals surface area contributed by atoms with Crippen molar-refractivity contribution in [2.45, 2.75) is 38.6 Å². The molecule has 1 rings (SSSR count). The first-order valence-corrected chi connectivity index (χ1v) is 9.68. The first-order valence-electron chi connectivity index (χ1n) is 7.32. The van der Waals surface area contributed by atoms with E-state index in [0.29, 0.717) is 37.1 Å². The Hall–Kier alpha value is -0.470. The molecule has 1 aromatic rings. The van der Waals surface area contributed by atoms with Gasteiger partial charge in [-0.15, -0.1) is 11.3 Å². The lowest BCUT2D eigenvalue weighted by molar-refractivity contribution is 0.114. The Morgan fingerprint density at radius 2 is 2.10 bits per heavy atom. The summed E-state index contributed by atoms with van der Waals surface area (Å²) in [6, 6.07) is 1.66. The minimum absolute atomic E-state index is 0.298. The van der Waals surface area contributed by atoms with Crippen LogP contribution in [0.25, 0.3) is 0 Å². The van der Waals surface area contributed by atoms with Crippen LogP contribution in [0.2, 0.25) is 0 Å². The monoisotopic (exact) mass is 334 g/mol. The van der Waals surface area contributed by atoms with Crippen LogP contribution in [0.3, 0.4) is 0 Å². The summed E-state index contributed by atoms with van der Waals surface area (Å²) in [4.78, 5) is 1.22. The molecule has 0 fully saturated rings. The molecule has 0 saturated carbocycles. The standard InChI is InChI=1S/C14H26N2O3S2/c1-4-6-15-10-13-14(5-9-20-13)21(17,18)16-7-8-19-11-12(2)3/h5,9,12,15-16H,4,6-8,10-11H2,1-3H3. The summed E-state index contributed by atoms with van der Waals surface area (Å²) in [6.45, 7) is 9.01. The third-order valence-corrected chi connectivity index (χ3v) is 5.29. The maximum absolute atomic E-state index is 12.3. The van der Waals surface area contributed by atoms with Gasteiger partial charge in [0.25, 0.3) is 0 Å². The van der Waals surface area contributed by atoms with E-state index in [1.807, 2.05) is 5.38 Å². The number of nitrogens with one attached hydrogen (secondary N) is 2. The zero-order chi connectivity index (χ0) is 15.7. The van der Waals surface area contributed by atoms with E-state index < -0.39 is 10.0 Å². The summed E-state index contributed by atoms with van der Waals surface area (Å²) in [5.74, 6) is 0.453. The molecule has 0 spiro atoms. The van der Waals surface area contributed by atoms with Crippen LogP contribution in [0.1, 0.15) is 32.1 Å². The normalized spacial score (nSPS) is 12.2. The Morgan fingerprint density at radius 3 is 2.76 bits per heavy atom. The van der Waals surface area contributed by atoms with Crippen LogP contribution >= 0.6 is 11.3 Å². The fourth-order valence-electron chi connectivity index (χ4n) is 1.72. The first-order chi connectivity index (χ1) is 9.97. The molecule has 1 aromatic heterocycles. The molecule has 0 radical (unpaired) electrons. The van der Waals surface area contributed by atoms with Gasteiger partial charge in [0, 0.05) is 24.6 Å². The van der Waals surface area contributed by atoms with E-state index in [0.717, 1.165) is 17.8 Å². The lowest BCUT2D eigenvalue weighted by Gasteiger charge is -2.10. The van der Waals surface area contributed by atoms with E-state index in [-0.39, 0.29) is 0 Å². The van der Waals surface area contributed by atoms with Gasteiger partial charge in [0.05, 0.1) is 11.5 Å². The van der Waals surface area contributed by atoms with Crippen molar-refractivity contribution in [1.82, 2.24) is 10.0 Å². The molecule has 1 heterocycles. The average Bonchev–Trinajstić information content (AvgIpc) is 2.87. The highest BCUT2D eigenvalue weighted by Gasteiger charge is 2.18. The van der Waals surface area contributed by atoms with Crippen molar-refractivity contribution >= 4 is 21.4 Å². The molecule has 0 aliphatic rings. The minimum atomic E-state index is -3.45. The van der Waals surface area contributed by atoms with E-state index in [1.54, 1.807) is 6.07 Å². The van der Waals surface area contributed by atoms with E-state index >= 15 is 0 Å². The van der Waals surface area contributed by atoms with Crippen molar-refractivity contribution < 1.29 is 13.2 Å². The Kier molecular flexibility index (Phi) is 8.43. The van der Waals surface area contributed by atoms with Crippen molar-refractivity contribution in [2.75, 3.05) is 26.3 Å². The van der Waals surface area contributed by atoms with Gasteiger partial charge < -0.3 is 10.1 Å². The molecular weight excluding hydrogens is 308 g/mol. The molecule has 0 atom stereocenters. The van der Waals surface area contributed by atoms with Gasteiger partial charge in [0.1, 0.15) is 0 Å². The minimum Gasteiger partial charge on any atom is -0.380 e. The maximum atomic E-state index is 12.3. The lowest BCUT2D eigenvalue weighted by atomic mass is 10.2. The molecule has 0 amide bonds. The van der Waals surface area contributed by atoms with Crippen molar-refractivity contribution in [3.05, 3.63) is 16.3 Å². The zero-order valence-electron chi connectivity index (χ0n) is 13.0. The number of ether oxygens (including phenoxy) is 1. The second-order valence-corrected chi connectivity index (χ2v) is 7.99. The summed E-state index contributed by atoms with van der Waals surface area (Å²) >= 11 is 1.46. The molecule has 21 heavy (non-hydrogen) atoms. The van der Waals surface area contributed by atoms with E-state index in [1.165, 1.54) is 11.3 Å². The summed E-state index contributed by atoms with van der Waals surface area (Å²) in [7, 11) is -3.45. The largest absolute Gasteiger partial charge is 0.380 e. The van der Waals surface area contributed by atoms with Crippen molar-refractivity contribution in [1.29, 1.82) is 0 Å². The first kappa shape index (κ1) is 18.6. The summed E-state index contributed by atoms with van der Waals surface area (Å²) in [5, 5.41) is 5.04. The Bertz CT molecular complexity index is 498. The molecule has 0 saturated heterocycles. The smallest absolute Gasteiger partial charge is 0.241 e. The van der Waals surface area contributed by atoms with Gasteiger partial charge in [-0.1, -0.05) is 20.8 Å². The van der Waals surface area contributed by atoms with Crippen molar-refractivity contribution in [3.8, 4) is 0 Å². The molecule has 0 aliphatic heterocycles. The van der Waals surface area contributed by atoms with Crippen LogP contribution in [-0.4, -0.2) is 34.7 Å². The Labute approximate surface area is 132 Å². The average molecular weight is 335 g/mol. The van der Waals surface area contributed by atoms with E-state index in [2.05, 4.69) is 30.8 Å². The number of hydrogen-bond acceptors (Lipinski definition) is 5. The van der Waals surface area contributed by atoms with Crippen LogP contribution in [0, 0.1) is 5.92 Å². The predicted octanol–water partition coefficient (Wildman–Crippen LogP) is 2.20. The number of thiophene rings is 1. The third kappa shape index (κ3) is 6.88. The summed E-state index contributed by atoms with van der Waals surface area (Å²) in [5.41, 5.74) is 0. The van der Waals surface area contributed by atoms with Crippen LogP contribution in [0.15, 0.2) is 16.3 Å². The van der Waals surface area contributed by atoms with Gasteiger partial charge in [0.15, 0.2) is 0 Å². The molecule has 5 nitrogen and oxygen atoms in total. The maximum Gasteiger partial charge on any atom is 0.241 e. The third-order valence-electron chi connectivity index (χ3n) is 2.70. The quantitative estimate of drug-likeness (QED) is 0.609. The van der Waals surface area contributed by atoms with Crippen LogP contribution in [0.4, 0.5) is 0 Å². The van der Waals surface area contributed by atoms with Crippen LogP contribution < -0.4 is 10.0 Å². The highest BCUT2D eigenvalue weighted by Crippen LogP contribution is 2.21. The van der Waals surface area contributed by atoms with E-state index in [4.69, 9.17) is 4.74 Å².